The van der Waals surface area contributed by atoms with Crippen molar-refractivity contribution in [2.24, 2.45) is 0 Å². The number of nitrogens with one attached hydrogen (secondary N) is 1. The number of hydrogen-bond donors (Lipinski definition) is 3. The molecule has 0 unspecified atom stereocenters. The Balaban J connectivity index is 1.92. The van der Waals surface area contributed by atoms with E-state index in [-0.39, 0.29) is 20.8 Å². The molecule has 8 nitrogen and oxygen atoms in total. The molecule has 34 heavy (non-hydrogen) atoms. The minimum Gasteiger partial charge on any atom is -0.479 e. The molecular formula is C20H13BrF3NO7S2. The second-order valence-corrected chi connectivity index (χ2v) is 10.0. The van der Waals surface area contributed by atoms with Gasteiger partial charge in [-0.3, -0.25) is 4.72 Å². The van der Waals surface area contributed by atoms with E-state index < -0.39 is 45.2 Å². The Morgan fingerprint density at radius 1 is 1.06 bits per heavy atom. The van der Waals surface area contributed by atoms with Crippen LogP contribution in [0.5, 0.6) is 5.75 Å². The van der Waals surface area contributed by atoms with E-state index in [1.165, 1.54) is 30.3 Å². The number of alkyl halides is 3. The SMILES string of the molecule is O=C(O)COc1c(C(=O)O)sc(-c2ccc(NS(=O)(=O)c3ccccc3C(F)(F)F)cc2)c1Br. The van der Waals surface area contributed by atoms with Gasteiger partial charge in [-0.05, 0) is 45.8 Å². The normalized spacial score (nSPS) is 11.8. The number of halogens is 4. The second-order valence-electron chi connectivity index (χ2n) is 6.57. The third-order valence-corrected chi connectivity index (χ3v) is 7.89. The number of aliphatic carboxylic acids is 1. The largest absolute Gasteiger partial charge is 0.479 e. The average Bonchev–Trinajstić information content (AvgIpc) is 3.08. The zero-order chi connectivity index (χ0) is 25.3. The summed E-state index contributed by atoms with van der Waals surface area (Å²) < 4.78 is 72.1. The lowest BCUT2D eigenvalue weighted by molar-refractivity contribution is -0.140. The molecule has 0 atom stereocenters. The van der Waals surface area contributed by atoms with Gasteiger partial charge in [0.1, 0.15) is 0 Å². The summed E-state index contributed by atoms with van der Waals surface area (Å²) >= 11 is 3.98. The molecule has 1 heterocycles. The number of carboxylic acids is 2. The molecule has 0 bridgehead atoms. The predicted octanol–water partition coefficient (Wildman–Crippen LogP) is 5.16. The van der Waals surface area contributed by atoms with Gasteiger partial charge in [-0.1, -0.05) is 24.3 Å². The molecule has 0 radical (unpaired) electrons. The first-order valence-corrected chi connectivity index (χ1v) is 12.1. The summed E-state index contributed by atoms with van der Waals surface area (Å²) in [7, 11) is -4.57. The second kappa shape index (κ2) is 9.64. The van der Waals surface area contributed by atoms with E-state index in [1.807, 2.05) is 0 Å². The van der Waals surface area contributed by atoms with E-state index in [4.69, 9.17) is 9.84 Å². The average molecular weight is 580 g/mol. The number of benzene rings is 2. The number of thiophene rings is 1. The van der Waals surface area contributed by atoms with Gasteiger partial charge >= 0.3 is 18.1 Å². The van der Waals surface area contributed by atoms with E-state index in [0.717, 1.165) is 23.5 Å². The van der Waals surface area contributed by atoms with E-state index >= 15 is 0 Å². The van der Waals surface area contributed by atoms with Crippen LogP contribution in [0, 0.1) is 0 Å². The van der Waals surface area contributed by atoms with Gasteiger partial charge in [0, 0.05) is 5.69 Å². The molecule has 3 aromatic rings. The molecule has 0 amide bonds. The maximum atomic E-state index is 13.2. The first kappa shape index (κ1) is 25.5. The van der Waals surface area contributed by atoms with E-state index in [9.17, 15) is 36.3 Å². The van der Waals surface area contributed by atoms with Crippen molar-refractivity contribution in [3.8, 4) is 16.2 Å². The summed E-state index contributed by atoms with van der Waals surface area (Å²) in [6.45, 7) is -0.769. The van der Waals surface area contributed by atoms with Gasteiger partial charge in [0.25, 0.3) is 10.0 Å². The number of hydrogen-bond acceptors (Lipinski definition) is 6. The van der Waals surface area contributed by atoms with Crippen LogP contribution in [0.3, 0.4) is 0 Å². The molecule has 14 heteroatoms. The molecule has 3 rings (SSSR count). The number of rotatable bonds is 8. The maximum Gasteiger partial charge on any atom is 0.417 e. The van der Waals surface area contributed by atoms with Gasteiger partial charge in [-0.15, -0.1) is 11.3 Å². The van der Waals surface area contributed by atoms with E-state index in [0.29, 0.717) is 16.5 Å². The van der Waals surface area contributed by atoms with Crippen LogP contribution in [-0.2, 0) is 21.0 Å². The minimum absolute atomic E-state index is 0.0331. The number of carbonyl (C=O) groups is 2. The zero-order valence-electron chi connectivity index (χ0n) is 16.6. The Bertz CT molecular complexity index is 1350. The molecule has 0 saturated heterocycles. The van der Waals surface area contributed by atoms with Crippen LogP contribution in [-0.4, -0.2) is 37.2 Å². The Labute approximate surface area is 202 Å². The molecule has 0 aliphatic heterocycles. The summed E-state index contributed by atoms with van der Waals surface area (Å²) in [4.78, 5) is 21.5. The van der Waals surface area contributed by atoms with Crippen molar-refractivity contribution in [2.45, 2.75) is 11.1 Å². The van der Waals surface area contributed by atoms with Crippen molar-refractivity contribution < 1.29 is 46.1 Å². The smallest absolute Gasteiger partial charge is 0.417 e. The van der Waals surface area contributed by atoms with Crippen LogP contribution in [0.25, 0.3) is 10.4 Å². The summed E-state index contributed by atoms with van der Waals surface area (Å²) in [6, 6.07) is 9.15. The Hall–Kier alpha value is -3.10. The lowest BCUT2D eigenvalue weighted by Gasteiger charge is -2.14. The first-order chi connectivity index (χ1) is 15.8. The Morgan fingerprint density at radius 2 is 1.68 bits per heavy atom. The highest BCUT2D eigenvalue weighted by Crippen LogP contribution is 2.46. The molecule has 0 fully saturated rings. The van der Waals surface area contributed by atoms with Crippen LogP contribution in [0.15, 0.2) is 57.9 Å². The Kier molecular flexibility index (Phi) is 7.24. The Morgan fingerprint density at radius 3 is 2.24 bits per heavy atom. The van der Waals surface area contributed by atoms with E-state index in [2.05, 4.69) is 20.7 Å². The van der Waals surface area contributed by atoms with E-state index in [1.54, 1.807) is 0 Å². The predicted molar refractivity (Wildman–Crippen MR) is 120 cm³/mol. The quantitative estimate of drug-likeness (QED) is 0.336. The monoisotopic (exact) mass is 579 g/mol. The van der Waals surface area contributed by atoms with Crippen molar-refractivity contribution in [2.75, 3.05) is 11.3 Å². The highest BCUT2D eigenvalue weighted by molar-refractivity contribution is 9.10. The van der Waals surface area contributed by atoms with Crippen LogP contribution in [0.4, 0.5) is 18.9 Å². The highest BCUT2D eigenvalue weighted by Gasteiger charge is 2.37. The lowest BCUT2D eigenvalue weighted by Crippen LogP contribution is -2.18. The standard InChI is InChI=1S/C20H13BrF3NO7S2/c21-15-16(32-9-14(26)27)18(19(28)29)33-17(15)10-5-7-11(8-6-10)25-34(30,31)13-4-2-1-3-12(13)20(22,23)24/h1-8,25H,9H2,(H,26,27)(H,28,29). The maximum absolute atomic E-state index is 13.2. The van der Waals surface area contributed by atoms with Crippen molar-refractivity contribution >= 4 is 54.9 Å². The molecule has 0 spiro atoms. The van der Waals surface area contributed by atoms with Crippen molar-refractivity contribution in [1.29, 1.82) is 0 Å². The van der Waals surface area contributed by atoms with Gasteiger partial charge in [-0.2, -0.15) is 13.2 Å². The minimum atomic E-state index is -4.87. The molecular weight excluding hydrogens is 567 g/mol. The summed E-state index contributed by atoms with van der Waals surface area (Å²) in [5.74, 6) is -2.83. The fourth-order valence-corrected chi connectivity index (χ4v) is 6.00. The zero-order valence-corrected chi connectivity index (χ0v) is 19.8. The van der Waals surface area contributed by atoms with Gasteiger partial charge in [0.05, 0.1) is 19.8 Å². The topological polar surface area (TPSA) is 130 Å². The number of carboxylic acid groups (broad SMARTS) is 2. The molecule has 2 aromatic carbocycles. The van der Waals surface area contributed by atoms with Gasteiger partial charge in [0.15, 0.2) is 17.2 Å². The molecule has 0 saturated carbocycles. The first-order valence-electron chi connectivity index (χ1n) is 9.01. The van der Waals surface area contributed by atoms with Gasteiger partial charge < -0.3 is 14.9 Å². The number of aromatic carboxylic acids is 1. The molecule has 0 aliphatic carbocycles. The molecule has 0 aliphatic rings. The number of anilines is 1. The van der Waals surface area contributed by atoms with Crippen molar-refractivity contribution in [3.05, 3.63) is 63.4 Å². The highest BCUT2D eigenvalue weighted by atomic mass is 79.9. The fraction of sp³-hybridized carbons (Fsp3) is 0.100. The van der Waals surface area contributed by atoms with Crippen LogP contribution in [0.1, 0.15) is 15.2 Å². The van der Waals surface area contributed by atoms with Gasteiger partial charge in [0.2, 0.25) is 0 Å². The van der Waals surface area contributed by atoms with Crippen molar-refractivity contribution in [3.63, 3.8) is 0 Å². The third kappa shape index (κ3) is 5.51. The summed E-state index contributed by atoms with van der Waals surface area (Å²) in [6.07, 6.45) is -4.87. The van der Waals surface area contributed by atoms with Crippen LogP contribution < -0.4 is 9.46 Å². The van der Waals surface area contributed by atoms with Crippen LogP contribution >= 0.6 is 27.3 Å². The third-order valence-electron chi connectivity index (χ3n) is 4.22. The molecule has 3 N–H and O–H groups in total. The number of ether oxygens (including phenoxy) is 1. The fourth-order valence-electron chi connectivity index (χ4n) is 2.82. The summed E-state index contributed by atoms with van der Waals surface area (Å²) in [5.41, 5.74) is -0.922. The summed E-state index contributed by atoms with van der Waals surface area (Å²) in [5, 5.41) is 18.2. The molecule has 1 aromatic heterocycles. The lowest BCUT2D eigenvalue weighted by atomic mass is 10.2. The van der Waals surface area contributed by atoms with Crippen LogP contribution in [0.2, 0.25) is 0 Å². The molecule has 180 valence electrons. The van der Waals surface area contributed by atoms with Gasteiger partial charge in [-0.25, -0.2) is 18.0 Å². The number of sulfonamides is 1. The van der Waals surface area contributed by atoms with Crippen molar-refractivity contribution in [1.82, 2.24) is 0 Å².